The van der Waals surface area contributed by atoms with E-state index in [1.807, 2.05) is 24.3 Å². The minimum absolute atomic E-state index is 0.114. The van der Waals surface area contributed by atoms with E-state index in [4.69, 9.17) is 0 Å². The molecule has 0 fully saturated rings. The van der Waals surface area contributed by atoms with Crippen molar-refractivity contribution in [2.24, 2.45) is 0 Å². The van der Waals surface area contributed by atoms with Gasteiger partial charge < -0.3 is 9.88 Å². The van der Waals surface area contributed by atoms with Crippen molar-refractivity contribution in [3.05, 3.63) is 89.3 Å². The number of rotatable bonds is 13. The fraction of sp³-hybridized carbons (Fsp3) is 0.370. The second-order valence-corrected chi connectivity index (χ2v) is 9.32. The van der Waals surface area contributed by atoms with Gasteiger partial charge in [-0.15, -0.1) is 16.8 Å². The molecule has 1 heterocycles. The van der Waals surface area contributed by atoms with Gasteiger partial charge in [-0.1, -0.05) is 77.5 Å². The summed E-state index contributed by atoms with van der Waals surface area (Å²) in [5.41, 5.74) is 5.10. The lowest BCUT2D eigenvalue weighted by Gasteiger charge is -2.09. The molecule has 3 aromatic rings. The number of nitrogens with zero attached hydrogens (tertiary/aromatic N) is 3. The number of unbranched alkanes of at least 4 members (excludes halogenated alkanes) is 1. The zero-order valence-corrected chi connectivity index (χ0v) is 20.5. The summed E-state index contributed by atoms with van der Waals surface area (Å²) in [4.78, 5) is 12.1. The molecule has 174 valence electrons. The van der Waals surface area contributed by atoms with Crippen LogP contribution in [0.5, 0.6) is 0 Å². The third-order valence-corrected chi connectivity index (χ3v) is 6.43. The minimum atomic E-state index is 0.114. The topological polar surface area (TPSA) is 59.8 Å². The van der Waals surface area contributed by atoms with Crippen molar-refractivity contribution in [1.29, 1.82) is 0 Å². The van der Waals surface area contributed by atoms with E-state index >= 15 is 0 Å². The summed E-state index contributed by atoms with van der Waals surface area (Å²) in [7, 11) is 0. The number of thioether (sulfide) groups is 1. The van der Waals surface area contributed by atoms with Gasteiger partial charge in [-0.25, -0.2) is 0 Å². The van der Waals surface area contributed by atoms with Gasteiger partial charge in [0.2, 0.25) is 5.91 Å². The Hall–Kier alpha value is -2.86. The number of hydrogen-bond donors (Lipinski definition) is 1. The lowest BCUT2D eigenvalue weighted by Crippen LogP contribution is -2.25. The molecule has 1 aromatic heterocycles. The van der Waals surface area contributed by atoms with E-state index in [1.165, 1.54) is 22.3 Å². The van der Waals surface area contributed by atoms with Crippen LogP contribution in [0.15, 0.2) is 66.3 Å². The van der Waals surface area contributed by atoms with Crippen molar-refractivity contribution < 1.29 is 4.79 Å². The quantitative estimate of drug-likeness (QED) is 0.209. The first-order valence-corrected chi connectivity index (χ1v) is 12.6. The fourth-order valence-electron chi connectivity index (χ4n) is 3.87. The molecule has 0 saturated heterocycles. The maximum absolute atomic E-state index is 12.1. The normalized spacial score (nSPS) is 10.8. The van der Waals surface area contributed by atoms with E-state index < -0.39 is 0 Å². The zero-order chi connectivity index (χ0) is 23.5. The second kappa shape index (κ2) is 13.0. The molecule has 0 unspecified atom stereocenters. The summed E-state index contributed by atoms with van der Waals surface area (Å²) in [5.74, 6) is 1.94. The van der Waals surface area contributed by atoms with Crippen LogP contribution in [0.3, 0.4) is 0 Å². The minimum Gasteiger partial charge on any atom is -0.356 e. The standard InChI is InChI=1S/C27H34N4OS/c1-4-16-31-25(29-30-27(31)33-20-24-18-21(2)17-22(3)19-24)12-8-9-13-26(32)28-15-14-23-10-6-5-7-11-23/h4-7,10-11,17-19H,1,8-9,12-16,20H2,2-3H3,(H,28,32). The lowest BCUT2D eigenvalue weighted by atomic mass is 10.1. The molecule has 0 aliphatic heterocycles. The molecular formula is C27H34N4OS. The fourth-order valence-corrected chi connectivity index (χ4v) is 4.77. The maximum Gasteiger partial charge on any atom is 0.220 e. The van der Waals surface area contributed by atoms with Crippen LogP contribution in [0.4, 0.5) is 0 Å². The molecule has 0 aliphatic rings. The van der Waals surface area contributed by atoms with Crippen molar-refractivity contribution in [3.63, 3.8) is 0 Å². The van der Waals surface area contributed by atoms with Gasteiger partial charge >= 0.3 is 0 Å². The van der Waals surface area contributed by atoms with E-state index in [0.717, 1.165) is 42.4 Å². The molecule has 0 saturated carbocycles. The third kappa shape index (κ3) is 8.21. The van der Waals surface area contributed by atoms with Crippen molar-refractivity contribution in [2.45, 2.75) is 63.4 Å². The Kier molecular flexibility index (Phi) is 9.76. The second-order valence-electron chi connectivity index (χ2n) is 8.38. The zero-order valence-electron chi connectivity index (χ0n) is 19.7. The molecule has 1 N–H and O–H groups in total. The largest absolute Gasteiger partial charge is 0.356 e. The van der Waals surface area contributed by atoms with Gasteiger partial charge in [0, 0.05) is 31.7 Å². The van der Waals surface area contributed by atoms with Crippen LogP contribution in [0.1, 0.15) is 47.3 Å². The van der Waals surface area contributed by atoms with Crippen LogP contribution in [0.25, 0.3) is 0 Å². The summed E-state index contributed by atoms with van der Waals surface area (Å²) >= 11 is 1.71. The number of benzene rings is 2. The molecule has 0 aliphatic carbocycles. The molecule has 33 heavy (non-hydrogen) atoms. The molecule has 1 amide bonds. The van der Waals surface area contributed by atoms with E-state index in [1.54, 1.807) is 11.8 Å². The average molecular weight is 463 g/mol. The van der Waals surface area contributed by atoms with Crippen LogP contribution < -0.4 is 5.32 Å². The molecule has 0 atom stereocenters. The van der Waals surface area contributed by atoms with Gasteiger partial charge in [-0.3, -0.25) is 4.79 Å². The van der Waals surface area contributed by atoms with Gasteiger partial charge in [0.15, 0.2) is 5.16 Å². The van der Waals surface area contributed by atoms with E-state index in [-0.39, 0.29) is 5.91 Å². The number of carbonyl (C=O) groups is 1. The Balaban J connectivity index is 1.43. The predicted octanol–water partition coefficient (Wildman–Crippen LogP) is 5.44. The van der Waals surface area contributed by atoms with Crippen molar-refractivity contribution in [3.8, 4) is 0 Å². The first kappa shape index (κ1) is 24.8. The Morgan fingerprint density at radius 1 is 1.03 bits per heavy atom. The van der Waals surface area contributed by atoms with Crippen molar-refractivity contribution in [2.75, 3.05) is 6.54 Å². The first-order valence-electron chi connectivity index (χ1n) is 11.6. The first-order chi connectivity index (χ1) is 16.0. The van der Waals surface area contributed by atoms with Gasteiger partial charge in [-0.05, 0) is 44.2 Å². The highest BCUT2D eigenvalue weighted by Gasteiger charge is 2.12. The number of aromatic nitrogens is 3. The molecule has 0 radical (unpaired) electrons. The summed E-state index contributed by atoms with van der Waals surface area (Å²) in [6, 6.07) is 16.9. The average Bonchev–Trinajstić information content (AvgIpc) is 3.17. The van der Waals surface area contributed by atoms with Crippen LogP contribution >= 0.6 is 11.8 Å². The number of hydrogen-bond acceptors (Lipinski definition) is 4. The molecule has 6 heteroatoms. The molecule has 2 aromatic carbocycles. The van der Waals surface area contributed by atoms with Crippen molar-refractivity contribution >= 4 is 17.7 Å². The van der Waals surface area contributed by atoms with Gasteiger partial charge in [0.1, 0.15) is 5.82 Å². The monoisotopic (exact) mass is 462 g/mol. The Bertz CT molecular complexity index is 1030. The number of amides is 1. The summed E-state index contributed by atoms with van der Waals surface area (Å²) in [5, 5.41) is 12.8. The van der Waals surface area contributed by atoms with Crippen LogP contribution in [0, 0.1) is 13.8 Å². The Morgan fingerprint density at radius 2 is 1.79 bits per heavy atom. The number of nitrogens with one attached hydrogen (secondary N) is 1. The third-order valence-electron chi connectivity index (χ3n) is 5.39. The van der Waals surface area contributed by atoms with Crippen LogP contribution in [0.2, 0.25) is 0 Å². The SMILES string of the molecule is C=CCn1c(CCCCC(=O)NCCc2ccccc2)nnc1SCc1cc(C)cc(C)c1. The van der Waals surface area contributed by atoms with Gasteiger partial charge in [0.25, 0.3) is 0 Å². The van der Waals surface area contributed by atoms with Gasteiger partial charge in [0.05, 0.1) is 0 Å². The van der Waals surface area contributed by atoms with E-state index in [2.05, 4.69) is 70.8 Å². The molecule has 5 nitrogen and oxygen atoms in total. The highest BCUT2D eigenvalue weighted by atomic mass is 32.2. The van der Waals surface area contributed by atoms with Gasteiger partial charge in [-0.2, -0.15) is 0 Å². The van der Waals surface area contributed by atoms with E-state index in [9.17, 15) is 4.79 Å². The van der Waals surface area contributed by atoms with Crippen LogP contribution in [-0.4, -0.2) is 27.2 Å². The summed E-state index contributed by atoms with van der Waals surface area (Å²) in [6.07, 6.45) is 5.83. The molecule has 3 rings (SSSR count). The maximum atomic E-state index is 12.1. The van der Waals surface area contributed by atoms with Crippen molar-refractivity contribution in [1.82, 2.24) is 20.1 Å². The summed E-state index contributed by atoms with van der Waals surface area (Å²) < 4.78 is 2.14. The molecule has 0 bridgehead atoms. The molecular weight excluding hydrogens is 428 g/mol. The highest BCUT2D eigenvalue weighted by molar-refractivity contribution is 7.98. The lowest BCUT2D eigenvalue weighted by molar-refractivity contribution is -0.121. The number of carbonyl (C=O) groups excluding carboxylic acids is 1. The van der Waals surface area contributed by atoms with E-state index in [0.29, 0.717) is 19.5 Å². The number of aryl methyl sites for hydroxylation is 3. The van der Waals surface area contributed by atoms with Crippen LogP contribution in [-0.2, 0) is 29.9 Å². The predicted molar refractivity (Wildman–Crippen MR) is 136 cm³/mol. The summed E-state index contributed by atoms with van der Waals surface area (Å²) in [6.45, 7) is 9.52. The highest BCUT2D eigenvalue weighted by Crippen LogP contribution is 2.24. The molecule has 0 spiro atoms. The smallest absolute Gasteiger partial charge is 0.220 e. The Morgan fingerprint density at radius 3 is 2.52 bits per heavy atom. The number of allylic oxidation sites excluding steroid dienone is 1. The Labute approximate surface area is 201 Å².